The summed E-state index contributed by atoms with van der Waals surface area (Å²) in [6.07, 6.45) is 3.14. The van der Waals surface area contributed by atoms with Crippen molar-refractivity contribution in [2.75, 3.05) is 25.6 Å². The molecule has 112 valence electrons. The molecule has 21 heavy (non-hydrogen) atoms. The molecule has 0 saturated heterocycles. The summed E-state index contributed by atoms with van der Waals surface area (Å²) in [5.74, 6) is 0.457. The summed E-state index contributed by atoms with van der Waals surface area (Å²) in [7, 11) is 1.61. The molecule has 0 atom stereocenters. The monoisotopic (exact) mass is 288 g/mol. The van der Waals surface area contributed by atoms with Crippen LogP contribution in [0.3, 0.4) is 0 Å². The molecule has 2 rings (SSSR count). The summed E-state index contributed by atoms with van der Waals surface area (Å²) in [5, 5.41) is 12.1. The summed E-state index contributed by atoms with van der Waals surface area (Å²) >= 11 is 0. The van der Waals surface area contributed by atoms with Gasteiger partial charge in [-0.05, 0) is 25.0 Å². The molecule has 0 aliphatic heterocycles. The fraction of sp³-hybridized carbons (Fsp3) is 0.500. The summed E-state index contributed by atoms with van der Waals surface area (Å²) in [4.78, 5) is 12.3. The number of anilines is 1. The van der Waals surface area contributed by atoms with E-state index in [-0.39, 0.29) is 5.91 Å². The predicted molar refractivity (Wildman–Crippen MR) is 79.0 cm³/mol. The maximum Gasteiger partial charge on any atom is 0.244 e. The zero-order valence-electron chi connectivity index (χ0n) is 12.2. The number of carbonyl (C=O) groups is 1. The van der Waals surface area contributed by atoms with Gasteiger partial charge in [0, 0.05) is 18.9 Å². The van der Waals surface area contributed by atoms with E-state index in [0.29, 0.717) is 37.5 Å². The lowest BCUT2D eigenvalue weighted by molar-refractivity contribution is -0.122. The molecule has 1 aromatic carbocycles. The Morgan fingerprint density at radius 2 is 2.14 bits per heavy atom. The molecule has 1 amide bonds. The van der Waals surface area contributed by atoms with Crippen molar-refractivity contribution in [3.63, 3.8) is 0 Å². The average Bonchev–Trinajstić information content (AvgIpc) is 2.98. The highest BCUT2D eigenvalue weighted by molar-refractivity contribution is 5.97. The average molecular weight is 288 g/mol. The largest absolute Gasteiger partial charge is 0.491 e. The van der Waals surface area contributed by atoms with Gasteiger partial charge < -0.3 is 14.8 Å². The van der Waals surface area contributed by atoms with Crippen LogP contribution in [0.25, 0.3) is 0 Å². The Balaban J connectivity index is 2.01. The van der Waals surface area contributed by atoms with Crippen molar-refractivity contribution in [2.45, 2.75) is 25.7 Å². The highest BCUT2D eigenvalue weighted by Gasteiger charge is 2.41. The zero-order valence-corrected chi connectivity index (χ0v) is 12.2. The number of hydrogen-bond donors (Lipinski definition) is 1. The summed E-state index contributed by atoms with van der Waals surface area (Å²) in [6, 6.07) is 9.38. The number of amides is 1. The third-order valence-electron chi connectivity index (χ3n) is 3.75. The van der Waals surface area contributed by atoms with E-state index in [1.165, 1.54) is 0 Å². The van der Waals surface area contributed by atoms with Crippen LogP contribution in [0.5, 0.6) is 5.75 Å². The summed E-state index contributed by atoms with van der Waals surface area (Å²) in [6.45, 7) is 0.962. The third kappa shape index (κ3) is 3.73. The highest BCUT2D eigenvalue weighted by atomic mass is 16.5. The molecule has 5 nitrogen and oxygen atoms in total. The summed E-state index contributed by atoms with van der Waals surface area (Å²) < 4.78 is 10.4. The van der Waals surface area contributed by atoms with Crippen LogP contribution in [0.15, 0.2) is 24.3 Å². The van der Waals surface area contributed by atoms with Crippen LogP contribution in [-0.4, -0.2) is 26.2 Å². The maximum atomic E-state index is 12.3. The van der Waals surface area contributed by atoms with Gasteiger partial charge in [0.15, 0.2) is 0 Å². The molecule has 0 heterocycles. The second-order valence-corrected chi connectivity index (χ2v) is 5.22. The molecule has 0 radical (unpaired) electrons. The van der Waals surface area contributed by atoms with Gasteiger partial charge in [-0.2, -0.15) is 5.26 Å². The van der Waals surface area contributed by atoms with Gasteiger partial charge in [-0.1, -0.05) is 18.9 Å². The first-order chi connectivity index (χ1) is 10.2. The van der Waals surface area contributed by atoms with Crippen LogP contribution in [-0.2, 0) is 9.53 Å². The van der Waals surface area contributed by atoms with Crippen molar-refractivity contribution >= 4 is 11.6 Å². The first kappa shape index (κ1) is 15.3. The Kier molecular flexibility index (Phi) is 5.18. The van der Waals surface area contributed by atoms with Gasteiger partial charge in [-0.3, -0.25) is 4.79 Å². The van der Waals surface area contributed by atoms with Crippen molar-refractivity contribution < 1.29 is 14.3 Å². The highest BCUT2D eigenvalue weighted by Crippen LogP contribution is 2.38. The topological polar surface area (TPSA) is 71.3 Å². The molecule has 1 N–H and O–H groups in total. The van der Waals surface area contributed by atoms with Crippen molar-refractivity contribution in [1.82, 2.24) is 0 Å². The molecule has 1 aromatic rings. The van der Waals surface area contributed by atoms with Gasteiger partial charge in [-0.15, -0.1) is 0 Å². The lowest BCUT2D eigenvalue weighted by Gasteiger charge is -2.19. The fourth-order valence-corrected chi connectivity index (χ4v) is 2.53. The van der Waals surface area contributed by atoms with Crippen LogP contribution in [0.1, 0.15) is 25.7 Å². The lowest BCUT2D eigenvalue weighted by Crippen LogP contribution is -2.32. The van der Waals surface area contributed by atoms with Crippen LogP contribution < -0.4 is 10.1 Å². The second-order valence-electron chi connectivity index (χ2n) is 5.22. The molecule has 0 bridgehead atoms. The molecule has 1 fully saturated rings. The minimum absolute atomic E-state index is 0.212. The van der Waals surface area contributed by atoms with Gasteiger partial charge in [0.2, 0.25) is 5.91 Å². The number of carbonyl (C=O) groups excluding carboxylic acids is 1. The number of nitriles is 1. The lowest BCUT2D eigenvalue weighted by atomic mass is 9.87. The van der Waals surface area contributed by atoms with Gasteiger partial charge in [0.1, 0.15) is 17.8 Å². The number of nitrogens with one attached hydrogen (secondary N) is 1. The molecular weight excluding hydrogens is 268 g/mol. The van der Waals surface area contributed by atoms with E-state index >= 15 is 0 Å². The predicted octanol–water partition coefficient (Wildman–Crippen LogP) is 2.73. The molecule has 1 saturated carbocycles. The van der Waals surface area contributed by atoms with E-state index in [9.17, 15) is 10.1 Å². The molecule has 1 aliphatic rings. The molecule has 0 unspecified atom stereocenters. The number of rotatable bonds is 6. The Bertz CT molecular complexity index is 531. The smallest absolute Gasteiger partial charge is 0.244 e. The standard InChI is InChI=1S/C16H20N2O3/c1-20-9-10-21-14-6-4-5-13(11-14)18-15(19)16(12-17)7-2-3-8-16/h4-6,11H,2-3,7-10H2,1H3,(H,18,19). The molecule has 0 spiro atoms. The molecule has 5 heteroatoms. The van der Waals surface area contributed by atoms with E-state index in [0.717, 1.165) is 12.8 Å². The van der Waals surface area contributed by atoms with Gasteiger partial charge >= 0.3 is 0 Å². The van der Waals surface area contributed by atoms with Crippen LogP contribution in [0.2, 0.25) is 0 Å². The summed E-state index contributed by atoms with van der Waals surface area (Å²) in [5.41, 5.74) is -0.219. The van der Waals surface area contributed by atoms with E-state index in [1.54, 1.807) is 19.2 Å². The molecule has 1 aliphatic carbocycles. The van der Waals surface area contributed by atoms with E-state index in [4.69, 9.17) is 9.47 Å². The minimum atomic E-state index is -0.868. The normalized spacial score (nSPS) is 16.2. The van der Waals surface area contributed by atoms with Crippen molar-refractivity contribution in [2.24, 2.45) is 5.41 Å². The number of methoxy groups -OCH3 is 1. The number of ether oxygens (including phenoxy) is 2. The van der Waals surface area contributed by atoms with Crippen molar-refractivity contribution in [1.29, 1.82) is 5.26 Å². The van der Waals surface area contributed by atoms with Gasteiger partial charge in [0.05, 0.1) is 12.7 Å². The first-order valence-corrected chi connectivity index (χ1v) is 7.15. The number of hydrogen-bond acceptors (Lipinski definition) is 4. The first-order valence-electron chi connectivity index (χ1n) is 7.15. The Morgan fingerprint density at radius 1 is 1.38 bits per heavy atom. The van der Waals surface area contributed by atoms with Crippen LogP contribution in [0, 0.1) is 16.7 Å². The molecule has 0 aromatic heterocycles. The number of benzene rings is 1. The molecular formula is C16H20N2O3. The fourth-order valence-electron chi connectivity index (χ4n) is 2.53. The zero-order chi connectivity index (χ0) is 15.1. The third-order valence-corrected chi connectivity index (χ3v) is 3.75. The number of nitrogens with zero attached hydrogens (tertiary/aromatic N) is 1. The van der Waals surface area contributed by atoms with Crippen LogP contribution in [0.4, 0.5) is 5.69 Å². The Labute approximate surface area is 124 Å². The van der Waals surface area contributed by atoms with E-state index in [2.05, 4.69) is 11.4 Å². The van der Waals surface area contributed by atoms with E-state index < -0.39 is 5.41 Å². The van der Waals surface area contributed by atoms with E-state index in [1.807, 2.05) is 12.1 Å². The maximum absolute atomic E-state index is 12.3. The van der Waals surface area contributed by atoms with Crippen LogP contribution >= 0.6 is 0 Å². The Morgan fingerprint density at radius 3 is 2.81 bits per heavy atom. The van der Waals surface area contributed by atoms with Crippen molar-refractivity contribution in [3.8, 4) is 11.8 Å². The van der Waals surface area contributed by atoms with Crippen molar-refractivity contribution in [3.05, 3.63) is 24.3 Å². The Hall–Kier alpha value is -2.06. The quantitative estimate of drug-likeness (QED) is 0.817. The SMILES string of the molecule is COCCOc1cccc(NC(=O)C2(C#N)CCCC2)c1. The van der Waals surface area contributed by atoms with Gasteiger partial charge in [0.25, 0.3) is 0 Å². The van der Waals surface area contributed by atoms with Gasteiger partial charge in [-0.25, -0.2) is 0 Å². The minimum Gasteiger partial charge on any atom is -0.491 e. The second kappa shape index (κ2) is 7.09.